The summed E-state index contributed by atoms with van der Waals surface area (Å²) in [6, 6.07) is 6.73. The van der Waals surface area contributed by atoms with Gasteiger partial charge in [-0.2, -0.15) is 0 Å². The van der Waals surface area contributed by atoms with Gasteiger partial charge in [0.25, 0.3) is 0 Å². The molecular weight excluding hydrogens is 190 g/mol. The lowest BCUT2D eigenvalue weighted by molar-refractivity contribution is 0.0695. The Balaban J connectivity index is 2.97. The molecule has 1 rings (SSSR count). The molecule has 0 unspecified atom stereocenters. The molecule has 3 N–H and O–H groups in total. The third kappa shape index (κ3) is 3.06. The van der Waals surface area contributed by atoms with Crippen LogP contribution in [0.5, 0.6) is 0 Å². The van der Waals surface area contributed by atoms with Crippen molar-refractivity contribution in [2.45, 2.75) is 26.3 Å². The standard InChI is InChI=1S/C12H17NO2/c1-8(2)7-11(13)9-5-3-4-6-10(9)12(14)15/h3-6,8,11H,7,13H2,1-2H3,(H,14,15)/t11-/m0/s1. The summed E-state index contributed by atoms with van der Waals surface area (Å²) in [5.41, 5.74) is 7.00. The molecule has 0 aliphatic rings. The van der Waals surface area contributed by atoms with Gasteiger partial charge in [-0.15, -0.1) is 0 Å². The van der Waals surface area contributed by atoms with Crippen LogP contribution in [0.2, 0.25) is 0 Å². The van der Waals surface area contributed by atoms with E-state index in [9.17, 15) is 4.79 Å². The average Bonchev–Trinajstić information content (AvgIpc) is 2.16. The van der Waals surface area contributed by atoms with E-state index >= 15 is 0 Å². The summed E-state index contributed by atoms with van der Waals surface area (Å²) in [7, 11) is 0. The Kier molecular flexibility index (Phi) is 3.86. The van der Waals surface area contributed by atoms with Crippen molar-refractivity contribution in [2.24, 2.45) is 11.7 Å². The van der Waals surface area contributed by atoms with Crippen LogP contribution in [0.3, 0.4) is 0 Å². The molecule has 0 heterocycles. The van der Waals surface area contributed by atoms with Gasteiger partial charge < -0.3 is 10.8 Å². The second-order valence-electron chi connectivity index (χ2n) is 4.13. The Morgan fingerprint density at radius 3 is 2.53 bits per heavy atom. The molecule has 3 heteroatoms. The van der Waals surface area contributed by atoms with Crippen LogP contribution in [0.25, 0.3) is 0 Å². The third-order valence-corrected chi connectivity index (χ3v) is 2.32. The number of aromatic carboxylic acids is 1. The number of carboxylic acid groups (broad SMARTS) is 1. The number of nitrogens with two attached hydrogens (primary N) is 1. The summed E-state index contributed by atoms with van der Waals surface area (Å²) in [6.07, 6.45) is 0.796. The fourth-order valence-corrected chi connectivity index (χ4v) is 1.65. The van der Waals surface area contributed by atoms with Gasteiger partial charge in [-0.05, 0) is 24.0 Å². The van der Waals surface area contributed by atoms with E-state index in [1.807, 2.05) is 6.07 Å². The van der Waals surface area contributed by atoms with Crippen molar-refractivity contribution < 1.29 is 9.90 Å². The number of carbonyl (C=O) groups is 1. The highest BCUT2D eigenvalue weighted by Crippen LogP contribution is 2.22. The van der Waals surface area contributed by atoms with E-state index in [0.29, 0.717) is 11.5 Å². The van der Waals surface area contributed by atoms with Gasteiger partial charge in [0.05, 0.1) is 5.56 Å². The fraction of sp³-hybridized carbons (Fsp3) is 0.417. The van der Waals surface area contributed by atoms with Gasteiger partial charge in [-0.3, -0.25) is 0 Å². The van der Waals surface area contributed by atoms with Crippen molar-refractivity contribution in [2.75, 3.05) is 0 Å². The van der Waals surface area contributed by atoms with E-state index in [-0.39, 0.29) is 6.04 Å². The molecule has 0 saturated carbocycles. The van der Waals surface area contributed by atoms with E-state index in [4.69, 9.17) is 10.8 Å². The zero-order valence-corrected chi connectivity index (χ0v) is 9.10. The molecule has 0 amide bonds. The number of carboxylic acids is 1. The number of hydrogen-bond donors (Lipinski definition) is 2. The van der Waals surface area contributed by atoms with Crippen molar-refractivity contribution in [3.8, 4) is 0 Å². The fourth-order valence-electron chi connectivity index (χ4n) is 1.65. The number of hydrogen-bond acceptors (Lipinski definition) is 2. The molecule has 1 aromatic rings. The first-order valence-corrected chi connectivity index (χ1v) is 5.10. The molecule has 0 aliphatic heterocycles. The molecule has 15 heavy (non-hydrogen) atoms. The van der Waals surface area contributed by atoms with Crippen molar-refractivity contribution in [3.63, 3.8) is 0 Å². The number of benzene rings is 1. The Bertz CT molecular complexity index is 347. The smallest absolute Gasteiger partial charge is 0.336 e. The molecule has 0 saturated heterocycles. The summed E-state index contributed by atoms with van der Waals surface area (Å²) in [4.78, 5) is 11.0. The van der Waals surface area contributed by atoms with Crippen LogP contribution in [-0.4, -0.2) is 11.1 Å². The van der Waals surface area contributed by atoms with Crippen LogP contribution in [-0.2, 0) is 0 Å². The van der Waals surface area contributed by atoms with Crippen LogP contribution in [0.4, 0.5) is 0 Å². The van der Waals surface area contributed by atoms with Crippen LogP contribution in [0.1, 0.15) is 42.2 Å². The largest absolute Gasteiger partial charge is 0.478 e. The summed E-state index contributed by atoms with van der Waals surface area (Å²) >= 11 is 0. The highest BCUT2D eigenvalue weighted by molar-refractivity contribution is 5.89. The van der Waals surface area contributed by atoms with E-state index < -0.39 is 5.97 Å². The van der Waals surface area contributed by atoms with Crippen molar-refractivity contribution >= 4 is 5.97 Å². The Hall–Kier alpha value is -1.35. The molecule has 0 fully saturated rings. The van der Waals surface area contributed by atoms with Gasteiger partial charge in [-0.25, -0.2) is 4.79 Å². The van der Waals surface area contributed by atoms with Crippen LogP contribution >= 0.6 is 0 Å². The molecule has 82 valence electrons. The van der Waals surface area contributed by atoms with Crippen LogP contribution in [0, 0.1) is 5.92 Å². The molecule has 1 atom stereocenters. The van der Waals surface area contributed by atoms with Crippen molar-refractivity contribution in [3.05, 3.63) is 35.4 Å². The molecule has 0 bridgehead atoms. The Labute approximate surface area is 89.9 Å². The van der Waals surface area contributed by atoms with E-state index in [1.165, 1.54) is 0 Å². The Morgan fingerprint density at radius 1 is 1.40 bits per heavy atom. The maximum atomic E-state index is 11.0. The minimum atomic E-state index is -0.912. The molecule has 0 aliphatic carbocycles. The van der Waals surface area contributed by atoms with E-state index in [1.54, 1.807) is 18.2 Å². The predicted molar refractivity (Wildman–Crippen MR) is 59.8 cm³/mol. The minimum absolute atomic E-state index is 0.197. The van der Waals surface area contributed by atoms with Gasteiger partial charge in [0.2, 0.25) is 0 Å². The van der Waals surface area contributed by atoms with Crippen molar-refractivity contribution in [1.29, 1.82) is 0 Å². The van der Waals surface area contributed by atoms with Crippen LogP contribution in [0.15, 0.2) is 24.3 Å². The van der Waals surface area contributed by atoms with Gasteiger partial charge in [0, 0.05) is 6.04 Å². The Morgan fingerprint density at radius 2 is 2.00 bits per heavy atom. The topological polar surface area (TPSA) is 63.3 Å². The maximum absolute atomic E-state index is 11.0. The van der Waals surface area contributed by atoms with E-state index in [0.717, 1.165) is 12.0 Å². The first-order valence-electron chi connectivity index (χ1n) is 5.10. The first-order chi connectivity index (χ1) is 7.02. The monoisotopic (exact) mass is 207 g/mol. The third-order valence-electron chi connectivity index (χ3n) is 2.32. The lowest BCUT2D eigenvalue weighted by atomic mass is 9.94. The quantitative estimate of drug-likeness (QED) is 0.797. The zero-order chi connectivity index (χ0) is 11.4. The van der Waals surface area contributed by atoms with E-state index in [2.05, 4.69) is 13.8 Å². The lowest BCUT2D eigenvalue weighted by Gasteiger charge is -2.16. The lowest BCUT2D eigenvalue weighted by Crippen LogP contribution is -2.16. The summed E-state index contributed by atoms with van der Waals surface area (Å²) in [5.74, 6) is -0.452. The molecule has 1 aromatic carbocycles. The number of rotatable bonds is 4. The van der Waals surface area contributed by atoms with Gasteiger partial charge in [0.1, 0.15) is 0 Å². The molecule has 3 nitrogen and oxygen atoms in total. The average molecular weight is 207 g/mol. The second-order valence-corrected chi connectivity index (χ2v) is 4.13. The summed E-state index contributed by atoms with van der Waals surface area (Å²) in [5, 5.41) is 8.99. The van der Waals surface area contributed by atoms with Crippen LogP contribution < -0.4 is 5.73 Å². The maximum Gasteiger partial charge on any atom is 0.336 e. The SMILES string of the molecule is CC(C)C[C@H](N)c1ccccc1C(=O)O. The summed E-state index contributed by atoms with van der Waals surface area (Å²) in [6.45, 7) is 4.15. The van der Waals surface area contributed by atoms with Gasteiger partial charge in [-0.1, -0.05) is 32.0 Å². The summed E-state index contributed by atoms with van der Waals surface area (Å²) < 4.78 is 0. The van der Waals surface area contributed by atoms with Gasteiger partial charge in [0.15, 0.2) is 0 Å². The van der Waals surface area contributed by atoms with Gasteiger partial charge >= 0.3 is 5.97 Å². The van der Waals surface area contributed by atoms with Crippen molar-refractivity contribution in [1.82, 2.24) is 0 Å². The minimum Gasteiger partial charge on any atom is -0.478 e. The first kappa shape index (κ1) is 11.7. The highest BCUT2D eigenvalue weighted by Gasteiger charge is 2.15. The molecule has 0 spiro atoms. The highest BCUT2D eigenvalue weighted by atomic mass is 16.4. The molecule has 0 radical (unpaired) electrons. The normalized spacial score (nSPS) is 12.8. The predicted octanol–water partition coefficient (Wildman–Crippen LogP) is 2.43. The zero-order valence-electron chi connectivity index (χ0n) is 9.10. The molecular formula is C12H17NO2. The molecule has 0 aromatic heterocycles. The second kappa shape index (κ2) is 4.94.